The summed E-state index contributed by atoms with van der Waals surface area (Å²) < 4.78 is 5.72. The van der Waals surface area contributed by atoms with Crippen molar-refractivity contribution in [3.8, 4) is 5.75 Å². The lowest BCUT2D eigenvalue weighted by Crippen LogP contribution is -2.17. The highest BCUT2D eigenvalue weighted by molar-refractivity contribution is 7.99. The summed E-state index contributed by atoms with van der Waals surface area (Å²) in [7, 11) is 1.70. The van der Waals surface area contributed by atoms with Crippen molar-refractivity contribution in [1.29, 1.82) is 0 Å². The molecule has 0 aliphatic heterocycles. The number of hydrogen-bond donors (Lipinski definition) is 2. The van der Waals surface area contributed by atoms with Gasteiger partial charge in [0, 0.05) is 33.6 Å². The molecule has 0 radical (unpaired) electrons. The van der Waals surface area contributed by atoms with Crippen molar-refractivity contribution in [2.45, 2.75) is 35.6 Å². The highest BCUT2D eigenvalue weighted by Gasteiger charge is 2.16. The molecule has 27 heavy (non-hydrogen) atoms. The van der Waals surface area contributed by atoms with Crippen molar-refractivity contribution in [1.82, 2.24) is 4.98 Å². The Kier molecular flexibility index (Phi) is 6.83. The van der Waals surface area contributed by atoms with Crippen molar-refractivity contribution in [3.05, 3.63) is 53.7 Å². The van der Waals surface area contributed by atoms with E-state index in [-0.39, 0.29) is 0 Å². The van der Waals surface area contributed by atoms with Crippen LogP contribution in [0.1, 0.15) is 19.8 Å². The normalized spacial score (nSPS) is 12.1. The quantitative estimate of drug-likeness (QED) is 0.515. The predicted molar refractivity (Wildman–Crippen MR) is 115 cm³/mol. The summed E-state index contributed by atoms with van der Waals surface area (Å²) in [5, 5.41) is 5.35. The van der Waals surface area contributed by atoms with Crippen LogP contribution in [0.4, 0.5) is 5.69 Å². The zero-order valence-corrected chi connectivity index (χ0v) is 17.1. The Morgan fingerprint density at radius 1 is 1.26 bits per heavy atom. The number of anilines is 1. The summed E-state index contributed by atoms with van der Waals surface area (Å²) in [6, 6.07) is 14.2. The van der Waals surface area contributed by atoms with E-state index in [4.69, 9.17) is 22.1 Å². The Balaban J connectivity index is 2.01. The Morgan fingerprint density at radius 2 is 2.04 bits per heavy atom. The molecule has 3 N–H and O–H groups in total. The molecule has 3 aromatic rings. The fourth-order valence-electron chi connectivity index (χ4n) is 2.95. The second-order valence-corrected chi connectivity index (χ2v) is 7.91. The van der Waals surface area contributed by atoms with Crippen LogP contribution in [-0.4, -0.2) is 24.7 Å². The highest BCUT2D eigenvalue weighted by atomic mass is 35.5. The summed E-state index contributed by atoms with van der Waals surface area (Å²) in [6.45, 7) is 2.86. The SMILES string of the molecule is COc1cc(N[C@H](C)CCCN)c2ncccc2c1Sc1ccc(Cl)cc1. The minimum atomic E-state index is 0.304. The van der Waals surface area contributed by atoms with E-state index in [1.54, 1.807) is 18.9 Å². The minimum absolute atomic E-state index is 0.304. The lowest BCUT2D eigenvalue weighted by Gasteiger charge is -2.19. The third kappa shape index (κ3) is 4.86. The van der Waals surface area contributed by atoms with Gasteiger partial charge in [0.25, 0.3) is 0 Å². The summed E-state index contributed by atoms with van der Waals surface area (Å²) in [5.41, 5.74) is 7.56. The summed E-state index contributed by atoms with van der Waals surface area (Å²) in [6.07, 6.45) is 3.82. The third-order valence-corrected chi connectivity index (χ3v) is 5.69. The molecular formula is C21H24ClN3OS. The zero-order chi connectivity index (χ0) is 19.2. The van der Waals surface area contributed by atoms with Crippen LogP contribution in [0.5, 0.6) is 5.75 Å². The van der Waals surface area contributed by atoms with Gasteiger partial charge in [-0.3, -0.25) is 4.98 Å². The van der Waals surface area contributed by atoms with Gasteiger partial charge >= 0.3 is 0 Å². The molecule has 6 heteroatoms. The first-order valence-electron chi connectivity index (χ1n) is 8.98. The van der Waals surface area contributed by atoms with Crippen molar-refractivity contribution in [2.24, 2.45) is 5.73 Å². The number of halogens is 1. The number of methoxy groups -OCH3 is 1. The topological polar surface area (TPSA) is 60.2 Å². The summed E-state index contributed by atoms with van der Waals surface area (Å²) in [4.78, 5) is 6.77. The number of nitrogens with two attached hydrogens (primary N) is 1. The molecule has 1 heterocycles. The second kappa shape index (κ2) is 9.31. The van der Waals surface area contributed by atoms with Crippen LogP contribution < -0.4 is 15.8 Å². The average molecular weight is 402 g/mol. The molecule has 1 aromatic heterocycles. The molecule has 0 aliphatic carbocycles. The summed E-state index contributed by atoms with van der Waals surface area (Å²) >= 11 is 7.66. The zero-order valence-electron chi connectivity index (χ0n) is 15.5. The van der Waals surface area contributed by atoms with E-state index < -0.39 is 0 Å². The van der Waals surface area contributed by atoms with Crippen LogP contribution in [0, 0.1) is 0 Å². The number of fused-ring (bicyclic) bond motifs is 1. The molecule has 2 aromatic carbocycles. The van der Waals surface area contributed by atoms with Crippen LogP contribution in [0.3, 0.4) is 0 Å². The number of rotatable bonds is 8. The molecule has 1 atom stereocenters. The molecule has 0 spiro atoms. The van der Waals surface area contributed by atoms with E-state index >= 15 is 0 Å². The van der Waals surface area contributed by atoms with E-state index in [0.717, 1.165) is 50.0 Å². The third-order valence-electron chi connectivity index (χ3n) is 4.30. The lowest BCUT2D eigenvalue weighted by atomic mass is 10.1. The Morgan fingerprint density at radius 3 is 2.74 bits per heavy atom. The Bertz CT molecular complexity index is 902. The van der Waals surface area contributed by atoms with Gasteiger partial charge in [0.2, 0.25) is 0 Å². The fraction of sp³-hybridized carbons (Fsp3) is 0.286. The van der Waals surface area contributed by atoms with Gasteiger partial charge in [0.15, 0.2) is 0 Å². The Hall–Kier alpha value is -1.95. The number of benzene rings is 2. The number of hydrogen-bond acceptors (Lipinski definition) is 5. The lowest BCUT2D eigenvalue weighted by molar-refractivity contribution is 0.406. The van der Waals surface area contributed by atoms with Crippen molar-refractivity contribution < 1.29 is 4.74 Å². The molecule has 0 bridgehead atoms. The molecule has 4 nitrogen and oxygen atoms in total. The number of nitrogens with zero attached hydrogens (tertiary/aromatic N) is 1. The maximum atomic E-state index is 6.01. The highest BCUT2D eigenvalue weighted by Crippen LogP contribution is 2.43. The maximum Gasteiger partial charge on any atom is 0.135 e. The van der Waals surface area contributed by atoms with Crippen molar-refractivity contribution in [2.75, 3.05) is 19.0 Å². The fourth-order valence-corrected chi connectivity index (χ4v) is 4.10. The number of pyridine rings is 1. The molecule has 0 fully saturated rings. The second-order valence-electron chi connectivity index (χ2n) is 6.39. The molecule has 0 unspecified atom stereocenters. The van der Waals surface area contributed by atoms with E-state index in [1.165, 1.54) is 0 Å². The van der Waals surface area contributed by atoms with Crippen molar-refractivity contribution >= 4 is 40.0 Å². The van der Waals surface area contributed by atoms with Gasteiger partial charge < -0.3 is 15.8 Å². The first-order valence-corrected chi connectivity index (χ1v) is 10.2. The minimum Gasteiger partial charge on any atom is -0.495 e. The monoisotopic (exact) mass is 401 g/mol. The van der Waals surface area contributed by atoms with Crippen LogP contribution >= 0.6 is 23.4 Å². The molecule has 0 saturated heterocycles. The van der Waals surface area contributed by atoms with Crippen LogP contribution in [0.2, 0.25) is 5.02 Å². The smallest absolute Gasteiger partial charge is 0.135 e. The molecule has 3 rings (SSSR count). The standard InChI is InChI=1S/C21H24ClN3OS/c1-14(5-3-11-23)25-18-13-19(26-2)21(17-6-4-12-24-20(17)18)27-16-9-7-15(22)8-10-16/h4,6-10,12-14,25H,3,5,11,23H2,1-2H3/t14-/m1/s1. The first kappa shape index (κ1) is 19.8. The predicted octanol–water partition coefficient (Wildman–Crippen LogP) is 5.59. The first-order chi connectivity index (χ1) is 13.1. The molecule has 0 saturated carbocycles. The van der Waals surface area contributed by atoms with E-state index in [9.17, 15) is 0 Å². The van der Waals surface area contributed by atoms with Gasteiger partial charge in [0.05, 0.1) is 23.2 Å². The largest absolute Gasteiger partial charge is 0.495 e. The average Bonchev–Trinajstić information content (AvgIpc) is 2.69. The number of nitrogens with one attached hydrogen (secondary N) is 1. The van der Waals surface area contributed by atoms with Gasteiger partial charge in [-0.1, -0.05) is 23.4 Å². The van der Waals surface area contributed by atoms with Crippen LogP contribution in [-0.2, 0) is 0 Å². The van der Waals surface area contributed by atoms with Crippen molar-refractivity contribution in [3.63, 3.8) is 0 Å². The van der Waals surface area contributed by atoms with Gasteiger partial charge in [-0.25, -0.2) is 0 Å². The Labute approximate surface area is 169 Å². The molecular weight excluding hydrogens is 378 g/mol. The molecule has 0 amide bonds. The van der Waals surface area contributed by atoms with Gasteiger partial charge in [-0.05, 0) is 62.7 Å². The van der Waals surface area contributed by atoms with Gasteiger partial charge in [-0.2, -0.15) is 0 Å². The molecule has 0 aliphatic rings. The van der Waals surface area contributed by atoms with E-state index in [0.29, 0.717) is 12.6 Å². The number of aromatic nitrogens is 1. The molecule has 142 valence electrons. The number of ether oxygens (including phenoxy) is 1. The van der Waals surface area contributed by atoms with Gasteiger partial charge in [0.1, 0.15) is 5.75 Å². The van der Waals surface area contributed by atoms with Crippen LogP contribution in [0.25, 0.3) is 10.9 Å². The van der Waals surface area contributed by atoms with E-state index in [2.05, 4.69) is 23.3 Å². The maximum absolute atomic E-state index is 6.01. The summed E-state index contributed by atoms with van der Waals surface area (Å²) in [5.74, 6) is 0.823. The van der Waals surface area contributed by atoms with Gasteiger partial charge in [-0.15, -0.1) is 0 Å². The van der Waals surface area contributed by atoms with E-state index in [1.807, 2.05) is 42.6 Å². The van der Waals surface area contributed by atoms with Crippen LogP contribution in [0.15, 0.2) is 58.5 Å².